The maximum atomic E-state index is 11.7. The van der Waals surface area contributed by atoms with E-state index < -0.39 is 17.3 Å². The van der Waals surface area contributed by atoms with Crippen LogP contribution in [0.15, 0.2) is 52.2 Å². The number of rotatable bonds is 1. The van der Waals surface area contributed by atoms with Gasteiger partial charge in [-0.25, -0.2) is 0 Å². The number of nitrogens with zero attached hydrogens (tertiary/aromatic N) is 2. The number of ether oxygens (including phenoxy) is 1. The van der Waals surface area contributed by atoms with Gasteiger partial charge < -0.3 is 16.2 Å². The van der Waals surface area contributed by atoms with Gasteiger partial charge >= 0.3 is 6.18 Å². The standard InChI is InChI=1S/C11H14BrN3O.C6H4F3N/c1-11(6-16-5-10(14)15-11)7-2-8(12)4-9(13)3-7;7-6(8,9)5-2-1-3-10-4-5/h2-4H,5-6,13H2,1H3,(H2,14,15);1-4H/t11-;/m0./s1. The molecule has 5 nitrogen and oxygen atoms in total. The van der Waals surface area contributed by atoms with Gasteiger partial charge in [-0.15, -0.1) is 0 Å². The average molecular weight is 431 g/mol. The van der Waals surface area contributed by atoms with E-state index in [0.29, 0.717) is 24.7 Å². The lowest BCUT2D eigenvalue weighted by molar-refractivity contribution is -0.137. The fraction of sp³-hybridized carbons (Fsp3) is 0.294. The molecular weight excluding hydrogens is 413 g/mol. The fourth-order valence-corrected chi connectivity index (χ4v) is 2.85. The van der Waals surface area contributed by atoms with Gasteiger partial charge in [-0.2, -0.15) is 13.2 Å². The third-order valence-corrected chi connectivity index (χ3v) is 4.01. The monoisotopic (exact) mass is 430 g/mol. The summed E-state index contributed by atoms with van der Waals surface area (Å²) >= 11 is 3.42. The van der Waals surface area contributed by atoms with Crippen molar-refractivity contribution in [1.29, 1.82) is 0 Å². The minimum Gasteiger partial charge on any atom is -0.399 e. The number of aromatic nitrogens is 1. The van der Waals surface area contributed by atoms with Crippen molar-refractivity contribution in [3.05, 3.63) is 58.3 Å². The van der Waals surface area contributed by atoms with E-state index in [1.54, 1.807) is 0 Å². The Hall–Kier alpha value is -2.13. The van der Waals surface area contributed by atoms with Gasteiger partial charge in [0, 0.05) is 22.6 Å². The van der Waals surface area contributed by atoms with Crippen molar-refractivity contribution >= 4 is 27.5 Å². The fourth-order valence-electron chi connectivity index (χ4n) is 2.34. The normalized spacial score (nSPS) is 20.0. The van der Waals surface area contributed by atoms with Crippen molar-refractivity contribution in [2.24, 2.45) is 10.7 Å². The molecule has 1 atom stereocenters. The summed E-state index contributed by atoms with van der Waals surface area (Å²) in [6.45, 7) is 2.91. The van der Waals surface area contributed by atoms with Gasteiger partial charge in [0.2, 0.25) is 0 Å². The van der Waals surface area contributed by atoms with Crippen LogP contribution in [-0.4, -0.2) is 24.0 Å². The van der Waals surface area contributed by atoms with Crippen LogP contribution in [0.4, 0.5) is 18.9 Å². The van der Waals surface area contributed by atoms with Crippen molar-refractivity contribution < 1.29 is 17.9 Å². The first-order chi connectivity index (χ1) is 12.1. The van der Waals surface area contributed by atoms with E-state index in [1.807, 2.05) is 25.1 Å². The number of nitrogen functional groups attached to an aromatic ring is 1. The van der Waals surface area contributed by atoms with Crippen LogP contribution in [0.3, 0.4) is 0 Å². The van der Waals surface area contributed by atoms with Crippen molar-refractivity contribution in [2.45, 2.75) is 18.6 Å². The number of anilines is 1. The Kier molecular flexibility index (Phi) is 6.25. The number of pyridine rings is 1. The molecule has 2 heterocycles. The van der Waals surface area contributed by atoms with Gasteiger partial charge in [0.05, 0.1) is 12.2 Å². The highest BCUT2D eigenvalue weighted by Crippen LogP contribution is 2.31. The van der Waals surface area contributed by atoms with Crippen molar-refractivity contribution in [2.75, 3.05) is 18.9 Å². The van der Waals surface area contributed by atoms with E-state index in [4.69, 9.17) is 16.2 Å². The van der Waals surface area contributed by atoms with Crippen LogP contribution in [0.2, 0.25) is 0 Å². The molecule has 1 aliphatic rings. The molecule has 1 aliphatic heterocycles. The molecule has 0 bridgehead atoms. The molecule has 1 aromatic carbocycles. The second-order valence-corrected chi connectivity index (χ2v) is 6.80. The smallest absolute Gasteiger partial charge is 0.399 e. The van der Waals surface area contributed by atoms with Gasteiger partial charge in [0.15, 0.2) is 0 Å². The van der Waals surface area contributed by atoms with Gasteiger partial charge in [-0.05, 0) is 42.8 Å². The highest BCUT2D eigenvalue weighted by molar-refractivity contribution is 9.10. The van der Waals surface area contributed by atoms with E-state index in [2.05, 4.69) is 25.9 Å². The number of alkyl halides is 3. The zero-order valence-electron chi connectivity index (χ0n) is 13.9. The topological polar surface area (TPSA) is 86.5 Å². The van der Waals surface area contributed by atoms with Crippen LogP contribution in [0, 0.1) is 0 Å². The molecule has 9 heteroatoms. The van der Waals surface area contributed by atoms with E-state index >= 15 is 0 Å². The molecule has 2 aromatic rings. The highest BCUT2D eigenvalue weighted by Gasteiger charge is 2.31. The summed E-state index contributed by atoms with van der Waals surface area (Å²) in [4.78, 5) is 7.79. The van der Waals surface area contributed by atoms with E-state index in [-0.39, 0.29) is 0 Å². The molecule has 0 fully saturated rings. The molecular formula is C17H18BrF3N4O. The van der Waals surface area contributed by atoms with Crippen LogP contribution in [0.25, 0.3) is 0 Å². The number of benzene rings is 1. The van der Waals surface area contributed by atoms with E-state index in [1.165, 1.54) is 12.3 Å². The largest absolute Gasteiger partial charge is 0.417 e. The lowest BCUT2D eigenvalue weighted by Crippen LogP contribution is -2.37. The third kappa shape index (κ3) is 5.43. The van der Waals surface area contributed by atoms with Crippen LogP contribution < -0.4 is 11.5 Å². The zero-order valence-corrected chi connectivity index (χ0v) is 15.5. The predicted octanol–water partition coefficient (Wildman–Crippen LogP) is 3.73. The summed E-state index contributed by atoms with van der Waals surface area (Å²) in [5, 5.41) is 0. The molecule has 4 N–H and O–H groups in total. The Morgan fingerprint density at radius 3 is 2.46 bits per heavy atom. The lowest BCUT2D eigenvalue weighted by Gasteiger charge is -2.30. The van der Waals surface area contributed by atoms with E-state index in [0.717, 1.165) is 22.3 Å². The maximum absolute atomic E-state index is 11.7. The first-order valence-electron chi connectivity index (χ1n) is 7.56. The first kappa shape index (κ1) is 20.2. The average Bonchev–Trinajstić information content (AvgIpc) is 2.54. The van der Waals surface area contributed by atoms with Crippen LogP contribution in [-0.2, 0) is 16.5 Å². The second-order valence-electron chi connectivity index (χ2n) is 5.88. The molecule has 0 unspecified atom stereocenters. The summed E-state index contributed by atoms with van der Waals surface area (Å²) in [6.07, 6.45) is -2.18. The minimum atomic E-state index is -4.27. The maximum Gasteiger partial charge on any atom is 0.417 e. The first-order valence-corrected chi connectivity index (χ1v) is 8.35. The Morgan fingerprint density at radius 1 is 1.23 bits per heavy atom. The highest BCUT2D eigenvalue weighted by atomic mass is 79.9. The van der Waals surface area contributed by atoms with Crippen LogP contribution >= 0.6 is 15.9 Å². The molecule has 1 aromatic heterocycles. The second kappa shape index (κ2) is 8.05. The van der Waals surface area contributed by atoms with Crippen molar-refractivity contribution in [1.82, 2.24) is 4.98 Å². The van der Waals surface area contributed by atoms with Gasteiger partial charge in [0.1, 0.15) is 18.0 Å². The van der Waals surface area contributed by atoms with Gasteiger partial charge in [0.25, 0.3) is 0 Å². The molecule has 26 heavy (non-hydrogen) atoms. The van der Waals surface area contributed by atoms with Gasteiger partial charge in [-0.1, -0.05) is 15.9 Å². The quantitative estimate of drug-likeness (QED) is 0.674. The molecule has 0 saturated carbocycles. The number of nitrogens with two attached hydrogens (primary N) is 2. The molecule has 3 rings (SSSR count). The SMILES string of the molecule is C[C@@]1(c2cc(N)cc(Br)c2)COCC(N)=N1.FC(F)(F)c1cccnc1. The third-order valence-electron chi connectivity index (χ3n) is 3.55. The van der Waals surface area contributed by atoms with Crippen LogP contribution in [0.5, 0.6) is 0 Å². The molecule has 0 aliphatic carbocycles. The van der Waals surface area contributed by atoms with Gasteiger partial charge in [-0.3, -0.25) is 9.98 Å². The Morgan fingerprint density at radius 2 is 1.96 bits per heavy atom. The molecule has 0 saturated heterocycles. The summed E-state index contributed by atoms with van der Waals surface area (Å²) in [5.41, 5.74) is 12.1. The summed E-state index contributed by atoms with van der Waals surface area (Å²) < 4.78 is 41.6. The summed E-state index contributed by atoms with van der Waals surface area (Å²) in [5.74, 6) is 0.521. The minimum absolute atomic E-state index is 0.402. The Balaban J connectivity index is 0.000000209. The summed E-state index contributed by atoms with van der Waals surface area (Å²) in [6, 6.07) is 7.97. The zero-order chi connectivity index (χ0) is 19.4. The van der Waals surface area contributed by atoms with E-state index in [9.17, 15) is 13.2 Å². The molecule has 0 radical (unpaired) electrons. The van der Waals surface area contributed by atoms with Crippen molar-refractivity contribution in [3.8, 4) is 0 Å². The molecule has 0 spiro atoms. The predicted molar refractivity (Wildman–Crippen MR) is 97.6 cm³/mol. The lowest BCUT2D eigenvalue weighted by atomic mass is 9.92. The summed E-state index contributed by atoms with van der Waals surface area (Å²) in [7, 11) is 0. The molecule has 0 amide bonds. The Bertz CT molecular complexity index is 763. The molecule has 140 valence electrons. The van der Waals surface area contributed by atoms with Crippen molar-refractivity contribution in [3.63, 3.8) is 0 Å². The number of amidine groups is 1. The number of halogens is 4. The Labute approximate surface area is 157 Å². The van der Waals surface area contributed by atoms with Crippen LogP contribution in [0.1, 0.15) is 18.1 Å². The number of hydrogen-bond donors (Lipinski definition) is 2. The number of hydrogen-bond acceptors (Lipinski definition) is 5. The number of aliphatic imine (C=N–C) groups is 1.